The smallest absolute Gasteiger partial charge is 0.0965 e. The molecule has 1 aromatic carbocycles. The van der Waals surface area contributed by atoms with Gasteiger partial charge in [-0.3, -0.25) is 0 Å². The van der Waals surface area contributed by atoms with Gasteiger partial charge in [0.05, 0.1) is 12.1 Å². The minimum absolute atomic E-state index is 0.363. The van der Waals surface area contributed by atoms with E-state index in [2.05, 4.69) is 37.3 Å². The molecule has 0 fully saturated rings. The number of benzene rings is 1. The Labute approximate surface area is 96.4 Å². The monoisotopic (exact) mass is 212 g/mol. The maximum absolute atomic E-state index is 8.70. The van der Waals surface area contributed by atoms with E-state index in [1.807, 2.05) is 0 Å². The van der Waals surface area contributed by atoms with E-state index in [0.717, 1.165) is 12.8 Å². The Kier molecular flexibility index (Phi) is 3.07. The molecule has 0 saturated heterocycles. The fourth-order valence-electron chi connectivity index (χ4n) is 2.15. The molecule has 1 aromatic rings. The van der Waals surface area contributed by atoms with Crippen LogP contribution < -0.4 is 5.73 Å². The molecule has 2 N–H and O–H groups in total. The van der Waals surface area contributed by atoms with Crippen LogP contribution in [0.1, 0.15) is 29.5 Å². The van der Waals surface area contributed by atoms with Crippen molar-refractivity contribution in [3.8, 4) is 6.07 Å². The molecule has 1 atom stereocenters. The summed E-state index contributed by atoms with van der Waals surface area (Å²) in [6, 6.07) is 8.27. The molecule has 0 radical (unpaired) electrons. The zero-order chi connectivity index (χ0) is 11.5. The summed E-state index contributed by atoms with van der Waals surface area (Å²) in [4.78, 5) is 0. The molecule has 0 bridgehead atoms. The first-order valence-electron chi connectivity index (χ1n) is 5.63. The molecular formula is C14H16N2. The van der Waals surface area contributed by atoms with Gasteiger partial charge in [-0.25, -0.2) is 0 Å². The molecule has 2 rings (SSSR count). The Morgan fingerprint density at radius 2 is 2.25 bits per heavy atom. The van der Waals surface area contributed by atoms with Gasteiger partial charge < -0.3 is 5.73 Å². The molecule has 0 unspecified atom stereocenters. The highest BCUT2D eigenvalue weighted by Crippen LogP contribution is 2.26. The highest BCUT2D eigenvalue weighted by molar-refractivity contribution is 5.60. The Bertz CT molecular complexity index is 466. The van der Waals surface area contributed by atoms with Gasteiger partial charge >= 0.3 is 0 Å². The van der Waals surface area contributed by atoms with E-state index in [-0.39, 0.29) is 6.04 Å². The van der Waals surface area contributed by atoms with E-state index in [1.165, 1.54) is 22.3 Å². The molecule has 0 aromatic heterocycles. The van der Waals surface area contributed by atoms with Crippen LogP contribution in [0.25, 0.3) is 6.08 Å². The maximum atomic E-state index is 8.70. The van der Waals surface area contributed by atoms with Crippen molar-refractivity contribution in [2.45, 2.75) is 32.2 Å². The Hall–Kier alpha value is -1.59. The van der Waals surface area contributed by atoms with Gasteiger partial charge in [0.2, 0.25) is 0 Å². The Morgan fingerprint density at radius 1 is 1.44 bits per heavy atom. The van der Waals surface area contributed by atoms with Crippen LogP contribution in [0.4, 0.5) is 0 Å². The number of fused-ring (bicyclic) bond motifs is 1. The van der Waals surface area contributed by atoms with Crippen molar-refractivity contribution in [3.63, 3.8) is 0 Å². The van der Waals surface area contributed by atoms with E-state index in [4.69, 9.17) is 11.0 Å². The van der Waals surface area contributed by atoms with Gasteiger partial charge in [-0.05, 0) is 37.3 Å². The molecule has 0 spiro atoms. The number of rotatable bonds is 2. The van der Waals surface area contributed by atoms with Crippen molar-refractivity contribution in [2.75, 3.05) is 0 Å². The average molecular weight is 212 g/mol. The lowest BCUT2D eigenvalue weighted by molar-refractivity contribution is 0.763. The van der Waals surface area contributed by atoms with E-state index < -0.39 is 0 Å². The molecule has 1 aliphatic carbocycles. The molecular weight excluding hydrogens is 196 g/mol. The largest absolute Gasteiger partial charge is 0.316 e. The average Bonchev–Trinajstić information content (AvgIpc) is 2.28. The second kappa shape index (κ2) is 4.51. The van der Waals surface area contributed by atoms with Crippen molar-refractivity contribution in [3.05, 3.63) is 40.5 Å². The quantitative estimate of drug-likeness (QED) is 0.819. The van der Waals surface area contributed by atoms with Crippen LogP contribution in [0, 0.1) is 18.3 Å². The Balaban J connectivity index is 2.24. The zero-order valence-corrected chi connectivity index (χ0v) is 9.53. The minimum atomic E-state index is -0.363. The van der Waals surface area contributed by atoms with Crippen LogP contribution in [0.2, 0.25) is 0 Å². The van der Waals surface area contributed by atoms with E-state index in [1.54, 1.807) is 0 Å². The maximum Gasteiger partial charge on any atom is 0.0965 e. The molecule has 0 saturated carbocycles. The van der Waals surface area contributed by atoms with Gasteiger partial charge in [0.15, 0.2) is 0 Å². The molecule has 0 amide bonds. The summed E-state index contributed by atoms with van der Waals surface area (Å²) in [6.07, 6.45) is 5.00. The predicted octanol–water partition coefficient (Wildman–Crippen LogP) is 2.57. The number of nitrogens with two attached hydrogens (primary N) is 1. The summed E-state index contributed by atoms with van der Waals surface area (Å²) in [5.74, 6) is 0. The lowest BCUT2D eigenvalue weighted by atomic mass is 9.89. The first kappa shape index (κ1) is 10.9. The fraction of sp³-hybridized carbons (Fsp3) is 0.357. The molecule has 0 aliphatic heterocycles. The second-order valence-corrected chi connectivity index (χ2v) is 4.44. The predicted molar refractivity (Wildman–Crippen MR) is 65.7 cm³/mol. The fourth-order valence-corrected chi connectivity index (χ4v) is 2.15. The molecule has 2 heteroatoms. The third-order valence-corrected chi connectivity index (χ3v) is 3.02. The number of hydrogen-bond acceptors (Lipinski definition) is 2. The number of aryl methyl sites for hydroxylation is 2. The number of nitriles is 1. The molecule has 1 aliphatic rings. The summed E-state index contributed by atoms with van der Waals surface area (Å²) < 4.78 is 0. The highest BCUT2D eigenvalue weighted by Gasteiger charge is 2.12. The van der Waals surface area contributed by atoms with Crippen molar-refractivity contribution in [1.29, 1.82) is 5.26 Å². The van der Waals surface area contributed by atoms with Crippen molar-refractivity contribution >= 4 is 6.08 Å². The minimum Gasteiger partial charge on any atom is -0.316 e. The van der Waals surface area contributed by atoms with Crippen LogP contribution in [0.5, 0.6) is 0 Å². The van der Waals surface area contributed by atoms with Crippen LogP contribution in [0.3, 0.4) is 0 Å². The Morgan fingerprint density at radius 3 is 3.00 bits per heavy atom. The molecule has 16 heavy (non-hydrogen) atoms. The van der Waals surface area contributed by atoms with E-state index in [0.29, 0.717) is 6.42 Å². The third-order valence-electron chi connectivity index (χ3n) is 3.02. The molecule has 2 nitrogen and oxygen atoms in total. The topological polar surface area (TPSA) is 49.8 Å². The van der Waals surface area contributed by atoms with E-state index in [9.17, 15) is 0 Å². The van der Waals surface area contributed by atoms with Crippen molar-refractivity contribution < 1.29 is 0 Å². The summed E-state index contributed by atoms with van der Waals surface area (Å²) in [6.45, 7) is 2.10. The molecule has 82 valence electrons. The van der Waals surface area contributed by atoms with Gasteiger partial charge in [-0.2, -0.15) is 5.26 Å². The summed E-state index contributed by atoms with van der Waals surface area (Å²) in [5, 5.41) is 8.70. The van der Waals surface area contributed by atoms with Gasteiger partial charge in [0, 0.05) is 0 Å². The lowest BCUT2D eigenvalue weighted by Crippen LogP contribution is -2.18. The van der Waals surface area contributed by atoms with Crippen LogP contribution >= 0.6 is 0 Å². The highest BCUT2D eigenvalue weighted by atomic mass is 14.6. The van der Waals surface area contributed by atoms with Crippen molar-refractivity contribution in [1.82, 2.24) is 0 Å². The van der Waals surface area contributed by atoms with Gasteiger partial charge in [-0.1, -0.05) is 35.4 Å². The number of hydrogen-bond donors (Lipinski definition) is 1. The van der Waals surface area contributed by atoms with Gasteiger partial charge in [0.25, 0.3) is 0 Å². The summed E-state index contributed by atoms with van der Waals surface area (Å²) in [5.41, 5.74) is 10.9. The van der Waals surface area contributed by atoms with E-state index >= 15 is 0 Å². The van der Waals surface area contributed by atoms with Crippen LogP contribution in [-0.2, 0) is 6.42 Å². The van der Waals surface area contributed by atoms with Gasteiger partial charge in [0.1, 0.15) is 0 Å². The normalized spacial score (nSPS) is 15.9. The summed E-state index contributed by atoms with van der Waals surface area (Å²) in [7, 11) is 0. The number of nitrogens with zero attached hydrogens (tertiary/aromatic N) is 1. The molecule has 0 heterocycles. The first-order chi connectivity index (χ1) is 7.69. The first-order valence-corrected chi connectivity index (χ1v) is 5.63. The SMILES string of the molecule is Cc1ccc2c(c1)C=C(C[C@@H](N)C#N)CC2. The zero-order valence-electron chi connectivity index (χ0n) is 9.53. The second-order valence-electron chi connectivity index (χ2n) is 4.44. The van der Waals surface area contributed by atoms with Crippen LogP contribution in [0.15, 0.2) is 23.8 Å². The van der Waals surface area contributed by atoms with Crippen molar-refractivity contribution in [2.24, 2.45) is 5.73 Å². The summed E-state index contributed by atoms with van der Waals surface area (Å²) >= 11 is 0. The van der Waals surface area contributed by atoms with Gasteiger partial charge in [-0.15, -0.1) is 0 Å². The third kappa shape index (κ3) is 2.32. The lowest BCUT2D eigenvalue weighted by Gasteiger charge is -2.17. The standard InChI is InChI=1S/C14H16N2/c1-10-2-4-12-5-3-11(7-13(12)6-10)8-14(16)9-15/h2,4,6-7,14H,3,5,8,16H2,1H3/t14-/m1/s1. The van der Waals surface area contributed by atoms with Crippen LogP contribution in [-0.4, -0.2) is 6.04 Å².